The quantitative estimate of drug-likeness (QED) is 0.573. The Hall–Kier alpha value is -0.590. The zero-order valence-corrected chi connectivity index (χ0v) is 9.15. The van der Waals surface area contributed by atoms with Crippen molar-refractivity contribution in [2.75, 3.05) is 0 Å². The highest BCUT2D eigenvalue weighted by atomic mass is 16.1. The standard InChI is InChI=1S/C13H18O/c1-12-6-3-7-13(12,2)11-9(8-12)4-5-10(11)14/h3-8H2,1-2H3/t12-,13+/m1/s1. The van der Waals surface area contributed by atoms with Gasteiger partial charge in [-0.1, -0.05) is 25.8 Å². The third kappa shape index (κ3) is 0.757. The second-order valence-electron chi connectivity index (χ2n) is 5.82. The number of rotatable bonds is 0. The number of carbonyl (C=O) groups is 1. The molecule has 0 radical (unpaired) electrons. The van der Waals surface area contributed by atoms with E-state index in [9.17, 15) is 4.79 Å². The smallest absolute Gasteiger partial charge is 0.159 e. The fraction of sp³-hybridized carbons (Fsp3) is 0.769. The first-order valence-corrected chi connectivity index (χ1v) is 5.83. The highest BCUT2D eigenvalue weighted by Gasteiger charge is 2.58. The normalized spacial score (nSPS) is 46.0. The van der Waals surface area contributed by atoms with Gasteiger partial charge in [-0.3, -0.25) is 4.79 Å². The number of fused-ring (bicyclic) bond motifs is 2. The van der Waals surface area contributed by atoms with Crippen molar-refractivity contribution in [3.63, 3.8) is 0 Å². The van der Waals surface area contributed by atoms with E-state index in [4.69, 9.17) is 0 Å². The summed E-state index contributed by atoms with van der Waals surface area (Å²) in [6.07, 6.45) is 6.97. The van der Waals surface area contributed by atoms with Crippen molar-refractivity contribution < 1.29 is 4.79 Å². The zero-order chi connectivity index (χ0) is 9.97. The van der Waals surface area contributed by atoms with Crippen LogP contribution in [0, 0.1) is 10.8 Å². The fourth-order valence-corrected chi connectivity index (χ4v) is 4.18. The minimum absolute atomic E-state index is 0.246. The van der Waals surface area contributed by atoms with Crippen molar-refractivity contribution in [3.05, 3.63) is 11.1 Å². The Balaban J connectivity index is 2.13. The summed E-state index contributed by atoms with van der Waals surface area (Å²) in [7, 11) is 0. The monoisotopic (exact) mass is 190 g/mol. The predicted octanol–water partition coefficient (Wildman–Crippen LogP) is 3.25. The molecule has 0 amide bonds. The van der Waals surface area contributed by atoms with E-state index in [2.05, 4.69) is 13.8 Å². The lowest BCUT2D eigenvalue weighted by molar-refractivity contribution is -0.116. The third-order valence-corrected chi connectivity index (χ3v) is 5.18. The van der Waals surface area contributed by atoms with Crippen molar-refractivity contribution in [3.8, 4) is 0 Å². The maximum Gasteiger partial charge on any atom is 0.159 e. The van der Waals surface area contributed by atoms with E-state index < -0.39 is 0 Å². The van der Waals surface area contributed by atoms with Gasteiger partial charge >= 0.3 is 0 Å². The number of carbonyl (C=O) groups excluding carboxylic acids is 1. The van der Waals surface area contributed by atoms with Crippen molar-refractivity contribution >= 4 is 5.78 Å². The lowest BCUT2D eigenvalue weighted by Crippen LogP contribution is -2.31. The highest BCUT2D eigenvalue weighted by Crippen LogP contribution is 2.66. The van der Waals surface area contributed by atoms with Crippen LogP contribution in [0.5, 0.6) is 0 Å². The van der Waals surface area contributed by atoms with Gasteiger partial charge in [0.1, 0.15) is 0 Å². The van der Waals surface area contributed by atoms with Crippen LogP contribution in [0.4, 0.5) is 0 Å². The summed E-state index contributed by atoms with van der Waals surface area (Å²) in [5, 5.41) is 0. The number of hydrogen-bond donors (Lipinski definition) is 0. The number of Topliss-reactive ketones (excluding diaryl/α,β-unsaturated/α-hetero) is 1. The van der Waals surface area contributed by atoms with Crippen LogP contribution in [0.2, 0.25) is 0 Å². The Kier molecular flexibility index (Phi) is 1.44. The van der Waals surface area contributed by atoms with Gasteiger partial charge in [-0.15, -0.1) is 0 Å². The Morgan fingerprint density at radius 2 is 1.93 bits per heavy atom. The second-order valence-corrected chi connectivity index (χ2v) is 5.82. The summed E-state index contributed by atoms with van der Waals surface area (Å²) in [4.78, 5) is 11.9. The minimum Gasteiger partial charge on any atom is -0.295 e. The first-order chi connectivity index (χ1) is 6.57. The molecule has 1 heteroatoms. The molecular formula is C13H18O. The van der Waals surface area contributed by atoms with Gasteiger partial charge in [0.05, 0.1) is 0 Å². The van der Waals surface area contributed by atoms with Crippen molar-refractivity contribution in [1.29, 1.82) is 0 Å². The average Bonchev–Trinajstić information content (AvgIpc) is 2.62. The first kappa shape index (κ1) is 8.70. The molecule has 0 aromatic heterocycles. The summed E-state index contributed by atoms with van der Waals surface area (Å²) in [6.45, 7) is 4.73. The molecular weight excluding hydrogens is 172 g/mol. The van der Waals surface area contributed by atoms with Gasteiger partial charge in [0, 0.05) is 17.4 Å². The maximum atomic E-state index is 11.9. The van der Waals surface area contributed by atoms with E-state index in [1.54, 1.807) is 0 Å². The van der Waals surface area contributed by atoms with E-state index in [-0.39, 0.29) is 5.41 Å². The topological polar surface area (TPSA) is 17.1 Å². The van der Waals surface area contributed by atoms with Crippen LogP contribution >= 0.6 is 0 Å². The van der Waals surface area contributed by atoms with Crippen LogP contribution in [0.3, 0.4) is 0 Å². The molecule has 14 heavy (non-hydrogen) atoms. The van der Waals surface area contributed by atoms with Crippen LogP contribution < -0.4 is 0 Å². The molecule has 0 aromatic rings. The van der Waals surface area contributed by atoms with E-state index in [1.165, 1.54) is 36.8 Å². The molecule has 0 N–H and O–H groups in total. The van der Waals surface area contributed by atoms with Crippen LogP contribution in [0.1, 0.15) is 52.4 Å². The summed E-state index contributed by atoms with van der Waals surface area (Å²) in [6, 6.07) is 0. The number of ketones is 1. The molecule has 0 aliphatic heterocycles. The van der Waals surface area contributed by atoms with E-state index in [1.807, 2.05) is 0 Å². The van der Waals surface area contributed by atoms with Crippen LogP contribution in [-0.2, 0) is 4.79 Å². The highest BCUT2D eigenvalue weighted by molar-refractivity contribution is 6.01. The van der Waals surface area contributed by atoms with Gasteiger partial charge in [0.15, 0.2) is 5.78 Å². The summed E-state index contributed by atoms with van der Waals surface area (Å²) >= 11 is 0. The molecule has 0 bridgehead atoms. The lowest BCUT2D eigenvalue weighted by Gasteiger charge is -2.37. The van der Waals surface area contributed by atoms with Gasteiger partial charge in [-0.25, -0.2) is 0 Å². The Morgan fingerprint density at radius 1 is 1.14 bits per heavy atom. The van der Waals surface area contributed by atoms with Crippen molar-refractivity contribution in [2.45, 2.75) is 52.4 Å². The van der Waals surface area contributed by atoms with Gasteiger partial charge in [-0.2, -0.15) is 0 Å². The fourth-order valence-electron chi connectivity index (χ4n) is 4.18. The van der Waals surface area contributed by atoms with Crippen molar-refractivity contribution in [2.24, 2.45) is 10.8 Å². The lowest BCUT2D eigenvalue weighted by atomic mass is 9.66. The first-order valence-electron chi connectivity index (χ1n) is 5.83. The summed E-state index contributed by atoms with van der Waals surface area (Å²) in [5.41, 5.74) is 3.45. The molecule has 0 aromatic carbocycles. The van der Waals surface area contributed by atoms with Gasteiger partial charge in [0.2, 0.25) is 0 Å². The molecule has 1 fully saturated rings. The van der Waals surface area contributed by atoms with E-state index >= 15 is 0 Å². The average molecular weight is 190 g/mol. The van der Waals surface area contributed by atoms with Crippen molar-refractivity contribution in [1.82, 2.24) is 0 Å². The molecule has 1 nitrogen and oxygen atoms in total. The second kappa shape index (κ2) is 2.32. The van der Waals surface area contributed by atoms with Gasteiger partial charge in [0.25, 0.3) is 0 Å². The van der Waals surface area contributed by atoms with Crippen LogP contribution in [0.25, 0.3) is 0 Å². The Morgan fingerprint density at radius 3 is 2.71 bits per heavy atom. The van der Waals surface area contributed by atoms with Crippen LogP contribution in [-0.4, -0.2) is 5.78 Å². The molecule has 0 unspecified atom stereocenters. The molecule has 3 aliphatic rings. The molecule has 0 spiro atoms. The Bertz CT molecular complexity index is 352. The Labute approximate surface area is 85.6 Å². The number of allylic oxidation sites excluding steroid dienone is 2. The molecule has 76 valence electrons. The molecule has 3 rings (SSSR count). The summed E-state index contributed by atoms with van der Waals surface area (Å²) in [5.74, 6) is 0.466. The van der Waals surface area contributed by atoms with Gasteiger partial charge < -0.3 is 0 Å². The zero-order valence-electron chi connectivity index (χ0n) is 9.15. The molecule has 3 aliphatic carbocycles. The van der Waals surface area contributed by atoms with E-state index in [0.717, 1.165) is 12.8 Å². The maximum absolute atomic E-state index is 11.9. The number of hydrogen-bond acceptors (Lipinski definition) is 1. The molecule has 0 heterocycles. The minimum atomic E-state index is 0.246. The SMILES string of the molecule is C[C@]12CCC[C@@]1(C)C1=C(CCC1=O)C2. The third-order valence-electron chi connectivity index (χ3n) is 5.18. The van der Waals surface area contributed by atoms with Gasteiger partial charge in [-0.05, 0) is 31.1 Å². The molecule has 2 atom stereocenters. The largest absolute Gasteiger partial charge is 0.295 e. The molecule has 0 saturated heterocycles. The molecule has 1 saturated carbocycles. The van der Waals surface area contributed by atoms with Crippen LogP contribution in [0.15, 0.2) is 11.1 Å². The predicted molar refractivity (Wildman–Crippen MR) is 55.9 cm³/mol. The van der Waals surface area contributed by atoms with E-state index in [0.29, 0.717) is 11.2 Å². The summed E-state index contributed by atoms with van der Waals surface area (Å²) < 4.78 is 0.